The van der Waals surface area contributed by atoms with E-state index in [0.717, 1.165) is 33.9 Å². The summed E-state index contributed by atoms with van der Waals surface area (Å²) >= 11 is 0. The molecule has 25 heavy (non-hydrogen) atoms. The average Bonchev–Trinajstić information content (AvgIpc) is 3.03. The molecule has 0 aliphatic carbocycles. The van der Waals surface area contributed by atoms with Crippen molar-refractivity contribution in [1.82, 2.24) is 4.98 Å². The van der Waals surface area contributed by atoms with Crippen molar-refractivity contribution in [2.24, 2.45) is 0 Å². The molecule has 0 aliphatic rings. The van der Waals surface area contributed by atoms with Crippen LogP contribution in [0.1, 0.15) is 12.0 Å². The predicted molar refractivity (Wildman–Crippen MR) is 97.8 cm³/mol. The van der Waals surface area contributed by atoms with Crippen LogP contribution in [0.25, 0.3) is 21.9 Å². The van der Waals surface area contributed by atoms with Gasteiger partial charge in [-0.1, -0.05) is 24.3 Å². The van der Waals surface area contributed by atoms with E-state index in [1.54, 1.807) is 6.20 Å². The van der Waals surface area contributed by atoms with Crippen LogP contribution in [0.3, 0.4) is 0 Å². The summed E-state index contributed by atoms with van der Waals surface area (Å²) < 4.78 is 11.6. The summed E-state index contributed by atoms with van der Waals surface area (Å²) in [6, 6.07) is 17.7. The third-order valence-corrected chi connectivity index (χ3v) is 4.28. The largest absolute Gasteiger partial charge is 0.491 e. The second-order valence-corrected chi connectivity index (χ2v) is 6.12. The van der Waals surface area contributed by atoms with Crippen LogP contribution in [0.5, 0.6) is 5.75 Å². The standard InChI is InChI=1S/C21H19NO3/c23-16(8-7-15-4-3-11-22-13-15)14-24-17-9-10-19-18-5-1-2-6-20(18)25-21(19)12-17/h1-6,9-13,16,23H,7-8,14H2. The fraction of sp³-hybridized carbons (Fsp3) is 0.190. The zero-order valence-corrected chi connectivity index (χ0v) is 13.8. The number of furan rings is 1. The highest BCUT2D eigenvalue weighted by Crippen LogP contribution is 2.31. The maximum absolute atomic E-state index is 10.1. The van der Waals surface area contributed by atoms with Crippen molar-refractivity contribution in [2.45, 2.75) is 18.9 Å². The molecule has 0 amide bonds. The third-order valence-electron chi connectivity index (χ3n) is 4.28. The van der Waals surface area contributed by atoms with Gasteiger partial charge in [0.1, 0.15) is 23.5 Å². The number of fused-ring (bicyclic) bond motifs is 3. The monoisotopic (exact) mass is 333 g/mol. The van der Waals surface area contributed by atoms with Gasteiger partial charge in [-0.2, -0.15) is 0 Å². The maximum Gasteiger partial charge on any atom is 0.139 e. The Labute approximate surface area is 145 Å². The molecule has 0 radical (unpaired) electrons. The highest BCUT2D eigenvalue weighted by atomic mass is 16.5. The molecule has 4 heteroatoms. The molecule has 1 unspecified atom stereocenters. The molecular weight excluding hydrogens is 314 g/mol. The molecule has 0 spiro atoms. The molecule has 0 fully saturated rings. The minimum absolute atomic E-state index is 0.256. The van der Waals surface area contributed by atoms with E-state index in [1.165, 1.54) is 0 Å². The van der Waals surface area contributed by atoms with Crippen molar-refractivity contribution < 1.29 is 14.3 Å². The topological polar surface area (TPSA) is 55.5 Å². The lowest BCUT2D eigenvalue weighted by molar-refractivity contribution is 0.100. The smallest absolute Gasteiger partial charge is 0.139 e. The van der Waals surface area contributed by atoms with Gasteiger partial charge in [0.15, 0.2) is 0 Å². The number of benzene rings is 2. The highest BCUT2D eigenvalue weighted by Gasteiger charge is 2.09. The van der Waals surface area contributed by atoms with Crippen LogP contribution in [0.4, 0.5) is 0 Å². The first-order valence-corrected chi connectivity index (χ1v) is 8.41. The summed E-state index contributed by atoms with van der Waals surface area (Å²) in [6.07, 6.45) is 4.46. The van der Waals surface area contributed by atoms with Gasteiger partial charge in [0.05, 0.1) is 6.10 Å². The molecular formula is C21H19NO3. The average molecular weight is 333 g/mol. The predicted octanol–water partition coefficient (Wildman–Crippen LogP) is 4.35. The van der Waals surface area contributed by atoms with Crippen LogP contribution in [0.15, 0.2) is 71.4 Å². The Kier molecular flexibility index (Phi) is 4.36. The fourth-order valence-corrected chi connectivity index (χ4v) is 2.95. The number of aromatic nitrogens is 1. The first-order chi connectivity index (χ1) is 12.3. The maximum atomic E-state index is 10.1. The van der Waals surface area contributed by atoms with E-state index in [4.69, 9.17) is 9.15 Å². The number of aliphatic hydroxyl groups excluding tert-OH is 1. The van der Waals surface area contributed by atoms with Crippen LogP contribution in [0, 0.1) is 0 Å². The number of aryl methyl sites for hydroxylation is 1. The molecule has 0 saturated heterocycles. The van der Waals surface area contributed by atoms with Gasteiger partial charge in [-0.25, -0.2) is 0 Å². The molecule has 4 aromatic rings. The van der Waals surface area contributed by atoms with Crippen LogP contribution >= 0.6 is 0 Å². The van der Waals surface area contributed by atoms with E-state index < -0.39 is 6.10 Å². The molecule has 0 bridgehead atoms. The lowest BCUT2D eigenvalue weighted by Gasteiger charge is -2.12. The Morgan fingerprint density at radius 3 is 2.76 bits per heavy atom. The molecule has 0 aliphatic heterocycles. The van der Waals surface area contributed by atoms with E-state index in [9.17, 15) is 5.11 Å². The van der Waals surface area contributed by atoms with Gasteiger partial charge in [-0.05, 0) is 42.7 Å². The normalized spacial score (nSPS) is 12.5. The fourth-order valence-electron chi connectivity index (χ4n) is 2.95. The van der Waals surface area contributed by atoms with Crippen molar-refractivity contribution in [2.75, 3.05) is 6.61 Å². The molecule has 2 aromatic carbocycles. The Morgan fingerprint density at radius 2 is 1.88 bits per heavy atom. The number of aliphatic hydroxyl groups is 1. The minimum atomic E-state index is -0.522. The van der Waals surface area contributed by atoms with Crippen LogP contribution in [-0.4, -0.2) is 22.8 Å². The molecule has 1 N–H and O–H groups in total. The minimum Gasteiger partial charge on any atom is -0.491 e. The number of hydrogen-bond donors (Lipinski definition) is 1. The van der Waals surface area contributed by atoms with E-state index in [0.29, 0.717) is 12.2 Å². The van der Waals surface area contributed by atoms with Crippen LogP contribution in [-0.2, 0) is 6.42 Å². The van der Waals surface area contributed by atoms with Crippen molar-refractivity contribution in [3.05, 3.63) is 72.6 Å². The van der Waals surface area contributed by atoms with Crippen molar-refractivity contribution in [3.63, 3.8) is 0 Å². The van der Waals surface area contributed by atoms with E-state index in [1.807, 2.05) is 60.8 Å². The summed E-state index contributed by atoms with van der Waals surface area (Å²) in [4.78, 5) is 4.08. The van der Waals surface area contributed by atoms with Crippen LogP contribution < -0.4 is 4.74 Å². The molecule has 4 nitrogen and oxygen atoms in total. The number of nitrogens with zero attached hydrogens (tertiary/aromatic N) is 1. The van der Waals surface area contributed by atoms with Gasteiger partial charge in [0, 0.05) is 29.2 Å². The molecule has 4 rings (SSSR count). The first kappa shape index (κ1) is 15.7. The van der Waals surface area contributed by atoms with Gasteiger partial charge in [-0.15, -0.1) is 0 Å². The third kappa shape index (κ3) is 3.49. The molecule has 2 heterocycles. The van der Waals surface area contributed by atoms with Crippen molar-refractivity contribution in [3.8, 4) is 5.75 Å². The second kappa shape index (κ2) is 6.95. The Hall–Kier alpha value is -2.85. The SMILES string of the molecule is OC(CCc1cccnc1)COc1ccc2c(c1)oc1ccccc12. The second-order valence-electron chi connectivity index (χ2n) is 6.12. The summed E-state index contributed by atoms with van der Waals surface area (Å²) in [5.41, 5.74) is 2.78. The molecule has 2 aromatic heterocycles. The highest BCUT2D eigenvalue weighted by molar-refractivity contribution is 6.05. The summed E-state index contributed by atoms with van der Waals surface area (Å²) in [7, 11) is 0. The van der Waals surface area contributed by atoms with Gasteiger partial charge >= 0.3 is 0 Å². The number of ether oxygens (including phenoxy) is 1. The van der Waals surface area contributed by atoms with Gasteiger partial charge in [0.2, 0.25) is 0 Å². The van der Waals surface area contributed by atoms with Gasteiger partial charge < -0.3 is 14.3 Å². The zero-order chi connectivity index (χ0) is 17.1. The summed E-state index contributed by atoms with van der Waals surface area (Å²) in [5.74, 6) is 0.701. The van der Waals surface area contributed by atoms with E-state index in [-0.39, 0.29) is 6.61 Å². The Morgan fingerprint density at radius 1 is 1.00 bits per heavy atom. The summed E-state index contributed by atoms with van der Waals surface area (Å²) in [5, 5.41) is 12.3. The van der Waals surface area contributed by atoms with Crippen molar-refractivity contribution >= 4 is 21.9 Å². The van der Waals surface area contributed by atoms with Gasteiger partial charge in [-0.3, -0.25) is 4.98 Å². The zero-order valence-electron chi connectivity index (χ0n) is 13.8. The molecule has 0 saturated carbocycles. The number of para-hydroxylation sites is 1. The lowest BCUT2D eigenvalue weighted by Crippen LogP contribution is -2.18. The van der Waals surface area contributed by atoms with Crippen molar-refractivity contribution in [1.29, 1.82) is 0 Å². The van der Waals surface area contributed by atoms with E-state index in [2.05, 4.69) is 4.98 Å². The number of pyridine rings is 1. The van der Waals surface area contributed by atoms with Gasteiger partial charge in [0.25, 0.3) is 0 Å². The first-order valence-electron chi connectivity index (χ1n) is 8.41. The number of rotatable bonds is 6. The molecule has 126 valence electrons. The Balaban J connectivity index is 1.39. The number of hydrogen-bond acceptors (Lipinski definition) is 4. The lowest BCUT2D eigenvalue weighted by atomic mass is 10.1. The van der Waals surface area contributed by atoms with E-state index >= 15 is 0 Å². The molecule has 1 atom stereocenters. The quantitative estimate of drug-likeness (QED) is 0.570. The Bertz CT molecular complexity index is 978. The van der Waals surface area contributed by atoms with Crippen LogP contribution in [0.2, 0.25) is 0 Å². The summed E-state index contributed by atoms with van der Waals surface area (Å²) in [6.45, 7) is 0.256.